The van der Waals surface area contributed by atoms with Crippen molar-refractivity contribution in [3.63, 3.8) is 0 Å². The van der Waals surface area contributed by atoms with Crippen molar-refractivity contribution >= 4 is 33.2 Å². The Morgan fingerprint density at radius 1 is 0.833 bits per heavy atom. The smallest absolute Gasteiger partial charge is 0.264 e. The van der Waals surface area contributed by atoms with Gasteiger partial charge in [-0.05, 0) is 47.5 Å². The van der Waals surface area contributed by atoms with Gasteiger partial charge in [0.1, 0.15) is 5.75 Å². The molecule has 182 valence electrons. The first-order chi connectivity index (χ1) is 17.4. The molecule has 1 atom stereocenters. The fraction of sp³-hybridized carbons (Fsp3) is 0.107. The van der Waals surface area contributed by atoms with Crippen molar-refractivity contribution in [2.75, 3.05) is 10.8 Å². The molecule has 5 rings (SSSR count). The Kier molecular flexibility index (Phi) is 6.67. The summed E-state index contributed by atoms with van der Waals surface area (Å²) in [6.45, 7) is -0.176. The zero-order chi connectivity index (χ0) is 25.1. The van der Waals surface area contributed by atoms with Crippen molar-refractivity contribution in [2.45, 2.75) is 17.0 Å². The molecule has 36 heavy (non-hydrogen) atoms. The highest BCUT2D eigenvalue weighted by atomic mass is 35.5. The molecule has 0 saturated carbocycles. The third kappa shape index (κ3) is 4.80. The summed E-state index contributed by atoms with van der Waals surface area (Å²) in [4.78, 5) is 13.6. The number of carbonyl (C=O) groups excluding carboxylic acids is 1. The highest BCUT2D eigenvalue weighted by Crippen LogP contribution is 2.37. The van der Waals surface area contributed by atoms with Crippen molar-refractivity contribution < 1.29 is 17.9 Å². The molecule has 0 spiro atoms. The summed E-state index contributed by atoms with van der Waals surface area (Å²) >= 11 is 5.96. The van der Waals surface area contributed by atoms with Crippen LogP contribution in [-0.4, -0.2) is 27.0 Å². The van der Waals surface area contributed by atoms with E-state index in [1.165, 1.54) is 28.6 Å². The number of anilines is 1. The van der Waals surface area contributed by atoms with Gasteiger partial charge in [-0.1, -0.05) is 84.4 Å². The van der Waals surface area contributed by atoms with Gasteiger partial charge < -0.3 is 10.1 Å². The fourth-order valence-electron chi connectivity index (χ4n) is 4.19. The number of hydrogen-bond donors (Lipinski definition) is 1. The lowest BCUT2D eigenvalue weighted by molar-refractivity contribution is -0.128. The van der Waals surface area contributed by atoms with Crippen LogP contribution in [0.3, 0.4) is 0 Å². The van der Waals surface area contributed by atoms with Crippen molar-refractivity contribution in [2.24, 2.45) is 0 Å². The minimum absolute atomic E-state index is 0.0780. The van der Waals surface area contributed by atoms with Crippen LogP contribution in [-0.2, 0) is 14.8 Å². The number of para-hydroxylation sites is 2. The standard InChI is InChI=1S/C28H23ClN2O4S/c29-22-15-17-23(18-16-22)36(33,34)31-19-26(35-25-14-8-7-13-24(25)31)28(32)30-27(20-9-3-1-4-10-20)21-11-5-2-6-12-21/h1-18,26-27H,19H2,(H,30,32). The quantitative estimate of drug-likeness (QED) is 0.380. The molecular formula is C28H23ClN2O4S. The minimum Gasteiger partial charge on any atom is -0.476 e. The molecule has 0 aliphatic carbocycles. The second-order valence-corrected chi connectivity index (χ2v) is 10.6. The van der Waals surface area contributed by atoms with E-state index >= 15 is 0 Å². The number of ether oxygens (including phenoxy) is 1. The maximum absolute atomic E-state index is 13.6. The van der Waals surface area contributed by atoms with E-state index in [0.717, 1.165) is 11.1 Å². The topological polar surface area (TPSA) is 75.7 Å². The normalized spacial score (nSPS) is 15.2. The molecular weight excluding hydrogens is 496 g/mol. The van der Waals surface area contributed by atoms with Gasteiger partial charge >= 0.3 is 0 Å². The third-order valence-corrected chi connectivity index (χ3v) is 8.03. The van der Waals surface area contributed by atoms with E-state index in [-0.39, 0.29) is 11.4 Å². The van der Waals surface area contributed by atoms with Gasteiger partial charge in [0.2, 0.25) is 0 Å². The van der Waals surface area contributed by atoms with Gasteiger partial charge in [0.15, 0.2) is 6.10 Å². The zero-order valence-electron chi connectivity index (χ0n) is 19.1. The number of nitrogens with zero attached hydrogens (tertiary/aromatic N) is 1. The van der Waals surface area contributed by atoms with Crippen LogP contribution in [0.25, 0.3) is 0 Å². The monoisotopic (exact) mass is 518 g/mol. The molecule has 1 aliphatic heterocycles. The van der Waals surface area contributed by atoms with Crippen molar-refractivity contribution in [1.82, 2.24) is 5.32 Å². The number of halogens is 1. The lowest BCUT2D eigenvalue weighted by Crippen LogP contribution is -2.51. The summed E-state index contributed by atoms with van der Waals surface area (Å²) < 4.78 is 34.4. The molecule has 0 bridgehead atoms. The van der Waals surface area contributed by atoms with Gasteiger partial charge in [0.05, 0.1) is 23.2 Å². The van der Waals surface area contributed by atoms with Crippen LogP contribution in [0, 0.1) is 0 Å². The van der Waals surface area contributed by atoms with E-state index < -0.39 is 28.1 Å². The Labute approximate surface area is 215 Å². The molecule has 1 heterocycles. The first-order valence-corrected chi connectivity index (χ1v) is 13.2. The average molecular weight is 519 g/mol. The van der Waals surface area contributed by atoms with Gasteiger partial charge in [-0.2, -0.15) is 0 Å². The Bertz CT molecular complexity index is 1420. The van der Waals surface area contributed by atoms with E-state index in [2.05, 4.69) is 5.32 Å². The number of nitrogens with one attached hydrogen (secondary N) is 1. The molecule has 1 amide bonds. The zero-order valence-corrected chi connectivity index (χ0v) is 20.7. The maximum atomic E-state index is 13.6. The Balaban J connectivity index is 1.47. The number of amides is 1. The molecule has 1 unspecified atom stereocenters. The molecule has 0 aromatic heterocycles. The van der Waals surface area contributed by atoms with Gasteiger partial charge in [0, 0.05) is 5.02 Å². The van der Waals surface area contributed by atoms with E-state index in [4.69, 9.17) is 16.3 Å². The predicted octanol–water partition coefficient (Wildman–Crippen LogP) is 5.20. The summed E-state index contributed by atoms with van der Waals surface area (Å²) in [6.07, 6.45) is -1.06. The van der Waals surface area contributed by atoms with Crippen LogP contribution in [0.2, 0.25) is 5.02 Å². The highest BCUT2D eigenvalue weighted by molar-refractivity contribution is 7.92. The summed E-state index contributed by atoms with van der Waals surface area (Å²) in [5.74, 6) is -0.101. The van der Waals surface area contributed by atoms with Crippen molar-refractivity contribution in [3.8, 4) is 5.75 Å². The van der Waals surface area contributed by atoms with Crippen LogP contribution in [0.1, 0.15) is 17.2 Å². The third-order valence-electron chi connectivity index (χ3n) is 5.98. The number of rotatable bonds is 6. The van der Waals surface area contributed by atoms with E-state index in [1.807, 2.05) is 60.7 Å². The van der Waals surface area contributed by atoms with Gasteiger partial charge in [-0.25, -0.2) is 8.42 Å². The first kappa shape index (κ1) is 23.9. The van der Waals surface area contributed by atoms with E-state index in [1.54, 1.807) is 24.3 Å². The van der Waals surface area contributed by atoms with Crippen molar-refractivity contribution in [3.05, 3.63) is 125 Å². The van der Waals surface area contributed by atoms with Gasteiger partial charge in [-0.3, -0.25) is 9.10 Å². The van der Waals surface area contributed by atoms with Crippen LogP contribution in [0.15, 0.2) is 114 Å². The van der Waals surface area contributed by atoms with Crippen LogP contribution >= 0.6 is 11.6 Å². The van der Waals surface area contributed by atoms with Crippen LogP contribution in [0.4, 0.5) is 5.69 Å². The largest absolute Gasteiger partial charge is 0.476 e. The average Bonchev–Trinajstić information content (AvgIpc) is 2.92. The molecule has 4 aromatic rings. The summed E-state index contributed by atoms with van der Waals surface area (Å²) in [6, 6.07) is 31.5. The van der Waals surface area contributed by atoms with Gasteiger partial charge in [0.25, 0.3) is 15.9 Å². The number of carbonyl (C=O) groups is 1. The van der Waals surface area contributed by atoms with E-state index in [0.29, 0.717) is 16.5 Å². The SMILES string of the molecule is O=C(NC(c1ccccc1)c1ccccc1)C1CN(S(=O)(=O)c2ccc(Cl)cc2)c2ccccc2O1. The van der Waals surface area contributed by atoms with Crippen LogP contribution in [0.5, 0.6) is 5.75 Å². The molecule has 1 N–H and O–H groups in total. The van der Waals surface area contributed by atoms with Crippen molar-refractivity contribution in [1.29, 1.82) is 0 Å². The lowest BCUT2D eigenvalue weighted by Gasteiger charge is -2.35. The summed E-state index contributed by atoms with van der Waals surface area (Å²) in [5, 5.41) is 3.50. The second kappa shape index (κ2) is 10.0. The molecule has 0 fully saturated rings. The minimum atomic E-state index is -3.98. The molecule has 1 aliphatic rings. The lowest BCUT2D eigenvalue weighted by atomic mass is 9.98. The molecule has 0 radical (unpaired) electrons. The molecule has 6 nitrogen and oxygen atoms in total. The van der Waals surface area contributed by atoms with Gasteiger partial charge in [-0.15, -0.1) is 0 Å². The Morgan fingerprint density at radius 3 is 2.00 bits per heavy atom. The maximum Gasteiger partial charge on any atom is 0.264 e. The molecule has 8 heteroatoms. The summed E-state index contributed by atoms with van der Waals surface area (Å²) in [7, 11) is -3.98. The predicted molar refractivity (Wildman–Crippen MR) is 140 cm³/mol. The molecule has 0 saturated heterocycles. The van der Waals surface area contributed by atoms with Crippen LogP contribution < -0.4 is 14.4 Å². The Hall–Kier alpha value is -3.81. The number of hydrogen-bond acceptors (Lipinski definition) is 4. The number of sulfonamides is 1. The summed E-state index contributed by atoms with van der Waals surface area (Å²) in [5.41, 5.74) is 2.18. The number of fused-ring (bicyclic) bond motifs is 1. The second-order valence-electron chi connectivity index (χ2n) is 8.33. The first-order valence-electron chi connectivity index (χ1n) is 11.4. The number of benzene rings is 4. The fourth-order valence-corrected chi connectivity index (χ4v) is 5.79. The van der Waals surface area contributed by atoms with E-state index in [9.17, 15) is 13.2 Å². The molecule has 4 aromatic carbocycles. The highest BCUT2D eigenvalue weighted by Gasteiger charge is 2.38. The Morgan fingerprint density at radius 2 is 1.39 bits per heavy atom.